The van der Waals surface area contributed by atoms with Crippen LogP contribution >= 0.6 is 0 Å². The molecule has 3 atom stereocenters. The van der Waals surface area contributed by atoms with E-state index in [1.807, 2.05) is 0 Å². The molecule has 3 aliphatic carbocycles. The molecule has 3 aliphatic rings. The van der Waals surface area contributed by atoms with Gasteiger partial charge in [0.25, 0.3) is 0 Å². The van der Waals surface area contributed by atoms with Crippen LogP contribution in [0, 0.1) is 11.3 Å². The molecule has 2 nitrogen and oxygen atoms in total. The van der Waals surface area contributed by atoms with Gasteiger partial charge >= 0.3 is 0 Å². The van der Waals surface area contributed by atoms with Gasteiger partial charge < -0.3 is 10.1 Å². The van der Waals surface area contributed by atoms with Crippen LogP contribution in [0.25, 0.3) is 0 Å². The first-order chi connectivity index (χ1) is 10.3. The largest absolute Gasteiger partial charge is 0.378 e. The molecular formula is C19H35NO. The van der Waals surface area contributed by atoms with Gasteiger partial charge in [-0.25, -0.2) is 0 Å². The Morgan fingerprint density at radius 1 is 1.05 bits per heavy atom. The zero-order valence-corrected chi connectivity index (χ0v) is 14.2. The Morgan fingerprint density at radius 2 is 1.71 bits per heavy atom. The van der Waals surface area contributed by atoms with E-state index in [0.717, 1.165) is 18.6 Å². The molecular weight excluding hydrogens is 258 g/mol. The number of ether oxygens (including phenoxy) is 1. The van der Waals surface area contributed by atoms with E-state index in [2.05, 4.69) is 19.2 Å². The van der Waals surface area contributed by atoms with Gasteiger partial charge in [0.2, 0.25) is 0 Å². The van der Waals surface area contributed by atoms with Crippen LogP contribution in [0.1, 0.15) is 84.5 Å². The highest BCUT2D eigenvalue weighted by molar-refractivity contribution is 5.09. The minimum absolute atomic E-state index is 0.483. The SMILES string of the molecule is CCOC1CC(N[C@H](C)C2CCCCC2)C12CCCCC2. The maximum absolute atomic E-state index is 6.09. The Hall–Kier alpha value is -0.0800. The summed E-state index contributed by atoms with van der Waals surface area (Å²) in [5.74, 6) is 0.922. The van der Waals surface area contributed by atoms with Crippen molar-refractivity contribution in [3.63, 3.8) is 0 Å². The molecule has 0 heterocycles. The summed E-state index contributed by atoms with van der Waals surface area (Å²) in [6.07, 6.45) is 16.1. The molecule has 2 heteroatoms. The average molecular weight is 293 g/mol. The van der Waals surface area contributed by atoms with Crippen LogP contribution < -0.4 is 5.32 Å². The summed E-state index contributed by atoms with van der Waals surface area (Å²) in [6, 6.07) is 1.43. The molecule has 0 saturated heterocycles. The Labute approximate surface area is 131 Å². The fraction of sp³-hybridized carbons (Fsp3) is 1.00. The summed E-state index contributed by atoms with van der Waals surface area (Å²) in [6.45, 7) is 5.49. The van der Waals surface area contributed by atoms with Crippen LogP contribution in [0.2, 0.25) is 0 Å². The maximum Gasteiger partial charge on any atom is 0.0661 e. The molecule has 21 heavy (non-hydrogen) atoms. The Morgan fingerprint density at radius 3 is 2.38 bits per heavy atom. The van der Waals surface area contributed by atoms with Gasteiger partial charge in [0.1, 0.15) is 0 Å². The van der Waals surface area contributed by atoms with Gasteiger partial charge in [-0.2, -0.15) is 0 Å². The highest BCUT2D eigenvalue weighted by Gasteiger charge is 2.55. The number of nitrogens with one attached hydrogen (secondary N) is 1. The summed E-state index contributed by atoms with van der Waals surface area (Å²) in [5.41, 5.74) is 0.483. The lowest BCUT2D eigenvalue weighted by Crippen LogP contribution is -2.66. The highest BCUT2D eigenvalue weighted by Crippen LogP contribution is 2.53. The Bertz CT molecular complexity index is 318. The van der Waals surface area contributed by atoms with Crippen molar-refractivity contribution < 1.29 is 4.74 Å². The quantitative estimate of drug-likeness (QED) is 0.795. The smallest absolute Gasteiger partial charge is 0.0661 e. The predicted molar refractivity (Wildman–Crippen MR) is 88.5 cm³/mol. The van der Waals surface area contributed by atoms with Crippen LogP contribution in [-0.4, -0.2) is 24.8 Å². The van der Waals surface area contributed by atoms with E-state index in [1.165, 1.54) is 70.6 Å². The second-order valence-corrected chi connectivity index (χ2v) is 7.88. The molecule has 2 unspecified atom stereocenters. The van der Waals surface area contributed by atoms with E-state index in [9.17, 15) is 0 Å². The zero-order valence-electron chi connectivity index (χ0n) is 14.2. The van der Waals surface area contributed by atoms with Gasteiger partial charge in [0.15, 0.2) is 0 Å². The highest BCUT2D eigenvalue weighted by atomic mass is 16.5. The summed E-state index contributed by atoms with van der Waals surface area (Å²) < 4.78 is 6.09. The second kappa shape index (κ2) is 7.00. The van der Waals surface area contributed by atoms with Crippen LogP contribution in [0.3, 0.4) is 0 Å². The first kappa shape index (κ1) is 15.8. The third-order valence-electron chi connectivity index (χ3n) is 6.76. The van der Waals surface area contributed by atoms with Gasteiger partial charge in [-0.3, -0.25) is 0 Å². The molecule has 3 fully saturated rings. The van der Waals surface area contributed by atoms with Crippen LogP contribution in [0.15, 0.2) is 0 Å². The fourth-order valence-corrected chi connectivity index (χ4v) is 5.38. The molecule has 0 amide bonds. The van der Waals surface area contributed by atoms with Crippen molar-refractivity contribution in [1.82, 2.24) is 5.32 Å². The fourth-order valence-electron chi connectivity index (χ4n) is 5.38. The van der Waals surface area contributed by atoms with Crippen molar-refractivity contribution in [2.45, 2.75) is 103 Å². The van der Waals surface area contributed by atoms with E-state index < -0.39 is 0 Å². The molecule has 3 saturated carbocycles. The summed E-state index contributed by atoms with van der Waals surface area (Å²) in [5, 5.41) is 4.05. The van der Waals surface area contributed by atoms with Crippen molar-refractivity contribution in [3.05, 3.63) is 0 Å². The topological polar surface area (TPSA) is 21.3 Å². The first-order valence-corrected chi connectivity index (χ1v) is 9.64. The van der Waals surface area contributed by atoms with Crippen LogP contribution in [0.4, 0.5) is 0 Å². The normalized spacial score (nSPS) is 34.6. The molecule has 0 aromatic heterocycles. The summed E-state index contributed by atoms with van der Waals surface area (Å²) in [7, 11) is 0. The summed E-state index contributed by atoms with van der Waals surface area (Å²) in [4.78, 5) is 0. The van der Waals surface area contributed by atoms with E-state index >= 15 is 0 Å². The van der Waals surface area contributed by atoms with E-state index in [0.29, 0.717) is 17.6 Å². The third-order valence-corrected chi connectivity index (χ3v) is 6.76. The van der Waals surface area contributed by atoms with Gasteiger partial charge in [-0.1, -0.05) is 38.5 Å². The van der Waals surface area contributed by atoms with Gasteiger partial charge in [-0.15, -0.1) is 0 Å². The van der Waals surface area contributed by atoms with Gasteiger partial charge in [0, 0.05) is 24.1 Å². The monoisotopic (exact) mass is 293 g/mol. The number of hydrogen-bond acceptors (Lipinski definition) is 2. The van der Waals surface area contributed by atoms with E-state index in [1.54, 1.807) is 0 Å². The standard InChI is InChI=1S/C19H35NO/c1-3-21-18-14-17(19(18)12-8-5-9-13-19)20-15(2)16-10-6-4-7-11-16/h15-18,20H,3-14H2,1-2H3/t15-,17?,18?/m1/s1. The van der Waals surface area contributed by atoms with Gasteiger partial charge in [0.05, 0.1) is 6.10 Å². The molecule has 0 aromatic carbocycles. The number of hydrogen-bond donors (Lipinski definition) is 1. The minimum Gasteiger partial charge on any atom is -0.378 e. The Balaban J connectivity index is 1.59. The van der Waals surface area contributed by atoms with Crippen molar-refractivity contribution in [2.75, 3.05) is 6.61 Å². The Kier molecular flexibility index (Phi) is 5.27. The molecule has 1 spiro atoms. The molecule has 122 valence electrons. The lowest BCUT2D eigenvalue weighted by molar-refractivity contribution is -0.153. The number of rotatable bonds is 5. The third kappa shape index (κ3) is 3.17. The van der Waals surface area contributed by atoms with Crippen LogP contribution in [-0.2, 0) is 4.74 Å². The lowest BCUT2D eigenvalue weighted by Gasteiger charge is -2.59. The van der Waals surface area contributed by atoms with Crippen molar-refractivity contribution in [1.29, 1.82) is 0 Å². The predicted octanol–water partition coefficient (Wildman–Crippen LogP) is 4.67. The molecule has 3 rings (SSSR count). The minimum atomic E-state index is 0.483. The molecule has 0 aliphatic heterocycles. The molecule has 0 radical (unpaired) electrons. The van der Waals surface area contributed by atoms with Crippen LogP contribution in [0.5, 0.6) is 0 Å². The molecule has 0 bridgehead atoms. The second-order valence-electron chi connectivity index (χ2n) is 7.88. The molecule has 0 aromatic rings. The maximum atomic E-state index is 6.09. The lowest BCUT2D eigenvalue weighted by atomic mass is 9.55. The zero-order chi connectivity index (χ0) is 14.7. The molecule has 1 N–H and O–H groups in total. The first-order valence-electron chi connectivity index (χ1n) is 9.64. The summed E-state index contributed by atoms with van der Waals surface area (Å²) >= 11 is 0. The van der Waals surface area contributed by atoms with Gasteiger partial charge in [-0.05, 0) is 51.9 Å². The van der Waals surface area contributed by atoms with E-state index in [-0.39, 0.29) is 0 Å². The van der Waals surface area contributed by atoms with E-state index in [4.69, 9.17) is 4.74 Å². The van der Waals surface area contributed by atoms with Crippen molar-refractivity contribution in [2.24, 2.45) is 11.3 Å². The van der Waals surface area contributed by atoms with Crippen molar-refractivity contribution >= 4 is 0 Å². The average Bonchev–Trinajstić information content (AvgIpc) is 2.55. The van der Waals surface area contributed by atoms with Crippen molar-refractivity contribution in [3.8, 4) is 0 Å².